The van der Waals surface area contributed by atoms with Crippen LogP contribution in [0.1, 0.15) is 33.6 Å². The average Bonchev–Trinajstić information content (AvgIpc) is 1.99. The molecule has 0 heterocycles. The Morgan fingerprint density at radius 2 is 2.00 bits per heavy atom. The second kappa shape index (κ2) is 5.74. The summed E-state index contributed by atoms with van der Waals surface area (Å²) < 4.78 is 4.99. The van der Waals surface area contributed by atoms with E-state index in [-0.39, 0.29) is 12.8 Å². The molecule has 0 aliphatic heterocycles. The van der Waals surface area contributed by atoms with Crippen LogP contribution in [0.15, 0.2) is 0 Å². The highest BCUT2D eigenvalue weighted by Crippen LogP contribution is 2.11. The number of carbonyl (C=O) groups is 1. The predicted octanol–water partition coefficient (Wildman–Crippen LogP) is 0.463. The number of aliphatic hydroxyl groups excluding tert-OH is 2. The van der Waals surface area contributed by atoms with Gasteiger partial charge in [-0.2, -0.15) is 0 Å². The minimum Gasteiger partial charge on any atom is -0.460 e. The standard InChI is InChI=1S/C11H18O4/c1-5-8(12)6-9(13)7-10(14)15-11(2,3)4/h1,8-9,12-13H,6-7H2,2-4H3/t8-,9-/m0/s1. The Bertz CT molecular complexity index is 246. The van der Waals surface area contributed by atoms with E-state index in [2.05, 4.69) is 5.92 Å². The largest absolute Gasteiger partial charge is 0.460 e. The van der Waals surface area contributed by atoms with Crippen molar-refractivity contribution < 1.29 is 19.7 Å². The monoisotopic (exact) mass is 214 g/mol. The third-order valence-electron chi connectivity index (χ3n) is 1.51. The van der Waals surface area contributed by atoms with E-state index in [1.807, 2.05) is 0 Å². The molecule has 0 rings (SSSR count). The van der Waals surface area contributed by atoms with Gasteiger partial charge in [0.2, 0.25) is 0 Å². The summed E-state index contributed by atoms with van der Waals surface area (Å²) in [6, 6.07) is 0. The molecule has 0 fully saturated rings. The SMILES string of the molecule is C#C[C@H](O)C[C@H](O)CC(=O)OC(C)(C)C. The van der Waals surface area contributed by atoms with Crippen molar-refractivity contribution in [2.75, 3.05) is 0 Å². The molecule has 0 aromatic rings. The smallest absolute Gasteiger partial charge is 0.308 e. The molecule has 0 saturated heterocycles. The van der Waals surface area contributed by atoms with Crippen LogP contribution in [0.5, 0.6) is 0 Å². The first-order chi connectivity index (χ1) is 6.74. The molecule has 0 saturated carbocycles. The molecule has 0 radical (unpaired) electrons. The summed E-state index contributed by atoms with van der Waals surface area (Å²) in [4.78, 5) is 11.2. The lowest BCUT2D eigenvalue weighted by Gasteiger charge is -2.20. The highest BCUT2D eigenvalue weighted by atomic mass is 16.6. The van der Waals surface area contributed by atoms with Gasteiger partial charge in [0.05, 0.1) is 12.5 Å². The van der Waals surface area contributed by atoms with Gasteiger partial charge >= 0.3 is 5.97 Å². The molecule has 0 unspecified atom stereocenters. The van der Waals surface area contributed by atoms with Gasteiger partial charge in [-0.1, -0.05) is 5.92 Å². The summed E-state index contributed by atoms with van der Waals surface area (Å²) in [6.45, 7) is 5.23. The Kier molecular flexibility index (Phi) is 5.34. The van der Waals surface area contributed by atoms with E-state index in [4.69, 9.17) is 16.3 Å². The number of esters is 1. The van der Waals surface area contributed by atoms with Crippen LogP contribution in [-0.4, -0.2) is 34.0 Å². The summed E-state index contributed by atoms with van der Waals surface area (Å²) in [5, 5.41) is 18.4. The van der Waals surface area contributed by atoms with Gasteiger partial charge in [0.15, 0.2) is 0 Å². The van der Waals surface area contributed by atoms with Crippen molar-refractivity contribution in [3.8, 4) is 12.3 Å². The van der Waals surface area contributed by atoms with Crippen molar-refractivity contribution in [2.45, 2.75) is 51.4 Å². The van der Waals surface area contributed by atoms with Crippen molar-refractivity contribution >= 4 is 5.97 Å². The molecule has 0 aliphatic carbocycles. The molecule has 2 N–H and O–H groups in total. The molecule has 0 amide bonds. The number of hydrogen-bond acceptors (Lipinski definition) is 4. The fourth-order valence-corrected chi connectivity index (χ4v) is 0.985. The van der Waals surface area contributed by atoms with E-state index in [0.29, 0.717) is 0 Å². The van der Waals surface area contributed by atoms with Gasteiger partial charge in [-0.05, 0) is 20.8 Å². The van der Waals surface area contributed by atoms with E-state index in [1.165, 1.54) is 0 Å². The third kappa shape index (κ3) is 7.98. The molecular formula is C11H18O4. The first-order valence-electron chi connectivity index (χ1n) is 4.78. The maximum atomic E-state index is 11.2. The zero-order valence-corrected chi connectivity index (χ0v) is 9.36. The van der Waals surface area contributed by atoms with E-state index >= 15 is 0 Å². The molecule has 0 spiro atoms. The lowest BCUT2D eigenvalue weighted by molar-refractivity contribution is -0.157. The maximum absolute atomic E-state index is 11.2. The van der Waals surface area contributed by atoms with Crippen molar-refractivity contribution in [2.24, 2.45) is 0 Å². The Morgan fingerprint density at radius 1 is 1.47 bits per heavy atom. The molecule has 0 aromatic heterocycles. The highest BCUT2D eigenvalue weighted by Gasteiger charge is 2.20. The zero-order valence-electron chi connectivity index (χ0n) is 9.36. The van der Waals surface area contributed by atoms with Gasteiger partial charge in [-0.25, -0.2) is 0 Å². The molecular weight excluding hydrogens is 196 g/mol. The van der Waals surface area contributed by atoms with Gasteiger partial charge in [0, 0.05) is 6.42 Å². The predicted molar refractivity (Wildman–Crippen MR) is 55.9 cm³/mol. The highest BCUT2D eigenvalue weighted by molar-refractivity contribution is 5.70. The van der Waals surface area contributed by atoms with Crippen LogP contribution in [-0.2, 0) is 9.53 Å². The van der Waals surface area contributed by atoms with Crippen LogP contribution in [0.4, 0.5) is 0 Å². The molecule has 15 heavy (non-hydrogen) atoms. The minimum absolute atomic E-state index is 0.0181. The van der Waals surface area contributed by atoms with Crippen molar-refractivity contribution in [1.82, 2.24) is 0 Å². The number of terminal acetylenes is 1. The summed E-state index contributed by atoms with van der Waals surface area (Å²) in [5.41, 5.74) is -0.568. The third-order valence-corrected chi connectivity index (χ3v) is 1.51. The fourth-order valence-electron chi connectivity index (χ4n) is 0.985. The molecule has 0 bridgehead atoms. The number of carbonyl (C=O) groups excluding carboxylic acids is 1. The Morgan fingerprint density at radius 3 is 2.40 bits per heavy atom. The van der Waals surface area contributed by atoms with E-state index in [0.717, 1.165) is 0 Å². The number of hydrogen-bond donors (Lipinski definition) is 2. The maximum Gasteiger partial charge on any atom is 0.308 e. The minimum atomic E-state index is -1.03. The quantitative estimate of drug-likeness (QED) is 0.527. The Hall–Kier alpha value is -1.05. The van der Waals surface area contributed by atoms with Gasteiger partial charge in [0.1, 0.15) is 11.7 Å². The van der Waals surface area contributed by atoms with Crippen LogP contribution < -0.4 is 0 Å². The summed E-state index contributed by atoms with van der Waals surface area (Å²) in [5.74, 6) is 1.56. The van der Waals surface area contributed by atoms with Crippen LogP contribution in [0.25, 0.3) is 0 Å². The summed E-state index contributed by atoms with van der Waals surface area (Å²) in [6.07, 6.45) is 2.76. The molecule has 4 heteroatoms. The molecule has 86 valence electrons. The molecule has 0 aliphatic rings. The fraction of sp³-hybridized carbons (Fsp3) is 0.727. The summed E-state index contributed by atoms with van der Waals surface area (Å²) >= 11 is 0. The number of aliphatic hydroxyl groups is 2. The lowest BCUT2D eigenvalue weighted by Crippen LogP contribution is -2.27. The van der Waals surface area contributed by atoms with E-state index in [1.54, 1.807) is 20.8 Å². The summed E-state index contributed by atoms with van der Waals surface area (Å²) in [7, 11) is 0. The first-order valence-corrected chi connectivity index (χ1v) is 4.78. The number of ether oxygens (including phenoxy) is 1. The zero-order chi connectivity index (χ0) is 12.1. The van der Waals surface area contributed by atoms with Crippen LogP contribution >= 0.6 is 0 Å². The Labute approximate surface area is 90.3 Å². The van der Waals surface area contributed by atoms with Crippen molar-refractivity contribution in [1.29, 1.82) is 0 Å². The van der Waals surface area contributed by atoms with Gasteiger partial charge in [-0.15, -0.1) is 6.42 Å². The van der Waals surface area contributed by atoms with E-state index < -0.39 is 23.8 Å². The molecule has 4 nitrogen and oxygen atoms in total. The van der Waals surface area contributed by atoms with Crippen LogP contribution in [0.2, 0.25) is 0 Å². The van der Waals surface area contributed by atoms with Crippen molar-refractivity contribution in [3.05, 3.63) is 0 Å². The average molecular weight is 214 g/mol. The van der Waals surface area contributed by atoms with Crippen molar-refractivity contribution in [3.63, 3.8) is 0 Å². The second-order valence-corrected chi connectivity index (χ2v) is 4.36. The normalized spacial score (nSPS) is 15.2. The van der Waals surface area contributed by atoms with Gasteiger partial charge in [-0.3, -0.25) is 4.79 Å². The first kappa shape index (κ1) is 13.9. The Balaban J connectivity index is 3.93. The number of rotatable bonds is 4. The van der Waals surface area contributed by atoms with Gasteiger partial charge in [0.25, 0.3) is 0 Å². The van der Waals surface area contributed by atoms with Crippen LogP contribution in [0.3, 0.4) is 0 Å². The second-order valence-electron chi connectivity index (χ2n) is 4.36. The molecule has 2 atom stereocenters. The van der Waals surface area contributed by atoms with Crippen LogP contribution in [0, 0.1) is 12.3 Å². The topological polar surface area (TPSA) is 66.8 Å². The molecule has 0 aromatic carbocycles. The lowest BCUT2D eigenvalue weighted by atomic mass is 10.1. The van der Waals surface area contributed by atoms with E-state index in [9.17, 15) is 9.90 Å². The van der Waals surface area contributed by atoms with Gasteiger partial charge < -0.3 is 14.9 Å².